The van der Waals surface area contributed by atoms with Crippen LogP contribution in [-0.2, 0) is 9.47 Å². The minimum absolute atomic E-state index is 0.0206. The van der Waals surface area contributed by atoms with Crippen molar-refractivity contribution >= 4 is 22.8 Å². The SMILES string of the molecule is CCCCCC[C@H]([C@@H]1COC(C)(C)O1)n1cnc2c(Cl)ncnc21. The molecule has 2 aromatic rings. The van der Waals surface area contributed by atoms with Crippen LogP contribution in [-0.4, -0.2) is 38.0 Å². The van der Waals surface area contributed by atoms with Crippen LogP contribution in [0.1, 0.15) is 58.9 Å². The van der Waals surface area contributed by atoms with E-state index in [1.165, 1.54) is 25.6 Å². The molecule has 1 fully saturated rings. The predicted molar refractivity (Wildman–Crippen MR) is 93.0 cm³/mol. The molecule has 24 heavy (non-hydrogen) atoms. The van der Waals surface area contributed by atoms with Gasteiger partial charge in [0.1, 0.15) is 17.9 Å². The molecule has 132 valence electrons. The van der Waals surface area contributed by atoms with E-state index in [0.29, 0.717) is 17.3 Å². The maximum absolute atomic E-state index is 6.14. The van der Waals surface area contributed by atoms with Crippen molar-refractivity contribution < 1.29 is 9.47 Å². The second kappa shape index (κ2) is 7.33. The smallest absolute Gasteiger partial charge is 0.165 e. The third-order valence-corrected chi connectivity index (χ3v) is 4.76. The number of imidazole rings is 1. The molecule has 7 heteroatoms. The van der Waals surface area contributed by atoms with Crippen LogP contribution < -0.4 is 0 Å². The van der Waals surface area contributed by atoms with E-state index in [0.717, 1.165) is 18.5 Å². The monoisotopic (exact) mass is 352 g/mol. The summed E-state index contributed by atoms with van der Waals surface area (Å²) in [7, 11) is 0. The average molecular weight is 353 g/mol. The molecule has 0 aromatic carbocycles. The Balaban J connectivity index is 1.86. The molecule has 0 N–H and O–H groups in total. The van der Waals surface area contributed by atoms with Gasteiger partial charge < -0.3 is 14.0 Å². The first-order valence-corrected chi connectivity index (χ1v) is 9.04. The minimum atomic E-state index is -0.546. The van der Waals surface area contributed by atoms with Crippen molar-refractivity contribution in [1.82, 2.24) is 19.5 Å². The van der Waals surface area contributed by atoms with E-state index < -0.39 is 5.79 Å². The predicted octanol–water partition coefficient (Wildman–Crippen LogP) is 4.14. The van der Waals surface area contributed by atoms with Gasteiger partial charge >= 0.3 is 0 Å². The van der Waals surface area contributed by atoms with Gasteiger partial charge in [-0.25, -0.2) is 15.0 Å². The Hall–Kier alpha value is -1.24. The van der Waals surface area contributed by atoms with Crippen LogP contribution in [0.4, 0.5) is 0 Å². The van der Waals surface area contributed by atoms with Crippen LogP contribution >= 0.6 is 11.6 Å². The van der Waals surface area contributed by atoms with Gasteiger partial charge in [0.05, 0.1) is 19.0 Å². The van der Waals surface area contributed by atoms with E-state index >= 15 is 0 Å². The highest BCUT2D eigenvalue weighted by Crippen LogP contribution is 2.34. The lowest BCUT2D eigenvalue weighted by molar-refractivity contribution is -0.143. The molecule has 0 aliphatic carbocycles. The first-order chi connectivity index (χ1) is 11.5. The van der Waals surface area contributed by atoms with Crippen LogP contribution in [0.25, 0.3) is 11.2 Å². The first kappa shape index (κ1) is 17.6. The summed E-state index contributed by atoms with van der Waals surface area (Å²) in [6.45, 7) is 6.69. The minimum Gasteiger partial charge on any atom is -0.348 e. The number of nitrogens with zero attached hydrogens (tertiary/aromatic N) is 4. The van der Waals surface area contributed by atoms with Crippen molar-refractivity contribution in [2.45, 2.75) is 70.8 Å². The molecule has 0 saturated carbocycles. The maximum Gasteiger partial charge on any atom is 0.165 e. The fraction of sp³-hybridized carbons (Fsp3) is 0.706. The Morgan fingerprint density at radius 3 is 2.83 bits per heavy atom. The van der Waals surface area contributed by atoms with Gasteiger partial charge in [0.15, 0.2) is 16.6 Å². The van der Waals surface area contributed by atoms with E-state index in [1.807, 2.05) is 13.8 Å². The number of ether oxygens (including phenoxy) is 2. The molecule has 2 atom stereocenters. The van der Waals surface area contributed by atoms with E-state index in [-0.39, 0.29) is 12.1 Å². The molecule has 0 spiro atoms. The van der Waals surface area contributed by atoms with Gasteiger partial charge in [0.2, 0.25) is 0 Å². The molecule has 2 aromatic heterocycles. The van der Waals surface area contributed by atoms with Crippen LogP contribution in [0.2, 0.25) is 5.15 Å². The number of fused-ring (bicyclic) bond motifs is 1. The molecular weight excluding hydrogens is 328 g/mol. The second-order valence-corrected chi connectivity index (χ2v) is 7.13. The van der Waals surface area contributed by atoms with Crippen molar-refractivity contribution in [2.24, 2.45) is 0 Å². The molecule has 0 radical (unpaired) electrons. The van der Waals surface area contributed by atoms with Crippen LogP contribution in [0.3, 0.4) is 0 Å². The van der Waals surface area contributed by atoms with Gasteiger partial charge in [-0.15, -0.1) is 0 Å². The Morgan fingerprint density at radius 2 is 2.12 bits per heavy atom. The van der Waals surface area contributed by atoms with Crippen LogP contribution in [0, 0.1) is 0 Å². The molecular formula is C17H25ClN4O2. The highest BCUT2D eigenvalue weighted by Gasteiger charge is 2.38. The zero-order chi connectivity index (χ0) is 17.2. The summed E-state index contributed by atoms with van der Waals surface area (Å²) in [5, 5.41) is 0.382. The lowest BCUT2D eigenvalue weighted by Gasteiger charge is -2.25. The number of aromatic nitrogens is 4. The van der Waals surface area contributed by atoms with Crippen LogP contribution in [0.15, 0.2) is 12.7 Å². The summed E-state index contributed by atoms with van der Waals surface area (Å²) in [6, 6.07) is 0.125. The Morgan fingerprint density at radius 1 is 1.29 bits per heavy atom. The van der Waals surface area contributed by atoms with Gasteiger partial charge in [0, 0.05) is 0 Å². The van der Waals surface area contributed by atoms with Crippen molar-refractivity contribution in [1.29, 1.82) is 0 Å². The molecule has 3 heterocycles. The maximum atomic E-state index is 6.14. The normalized spacial score (nSPS) is 21.4. The third kappa shape index (κ3) is 3.71. The van der Waals surface area contributed by atoms with Gasteiger partial charge in [-0.05, 0) is 20.3 Å². The van der Waals surface area contributed by atoms with Gasteiger partial charge in [-0.1, -0.05) is 44.2 Å². The number of unbranched alkanes of at least 4 members (excludes halogenated alkanes) is 3. The largest absolute Gasteiger partial charge is 0.348 e. The molecule has 0 bridgehead atoms. The quantitative estimate of drug-likeness (QED) is 0.553. The highest BCUT2D eigenvalue weighted by molar-refractivity contribution is 6.33. The van der Waals surface area contributed by atoms with Gasteiger partial charge in [0.25, 0.3) is 0 Å². The van der Waals surface area contributed by atoms with E-state index in [9.17, 15) is 0 Å². The number of hydrogen-bond donors (Lipinski definition) is 0. The highest BCUT2D eigenvalue weighted by atomic mass is 35.5. The van der Waals surface area contributed by atoms with Crippen molar-refractivity contribution in [2.75, 3.05) is 6.61 Å². The fourth-order valence-electron chi connectivity index (χ4n) is 3.26. The summed E-state index contributed by atoms with van der Waals surface area (Å²) in [6.07, 6.45) is 9.07. The van der Waals surface area contributed by atoms with Crippen molar-refractivity contribution in [3.8, 4) is 0 Å². The van der Waals surface area contributed by atoms with E-state index in [2.05, 4.69) is 26.4 Å². The topological polar surface area (TPSA) is 62.1 Å². The van der Waals surface area contributed by atoms with Gasteiger partial charge in [-0.3, -0.25) is 0 Å². The fourth-order valence-corrected chi connectivity index (χ4v) is 3.43. The zero-order valence-corrected chi connectivity index (χ0v) is 15.3. The van der Waals surface area contributed by atoms with E-state index in [4.69, 9.17) is 21.1 Å². The Labute approximate surface area is 147 Å². The van der Waals surface area contributed by atoms with Gasteiger partial charge in [-0.2, -0.15) is 0 Å². The lowest BCUT2D eigenvalue weighted by Crippen LogP contribution is -2.29. The number of rotatable bonds is 7. The first-order valence-electron chi connectivity index (χ1n) is 8.66. The van der Waals surface area contributed by atoms with Crippen LogP contribution in [0.5, 0.6) is 0 Å². The zero-order valence-electron chi connectivity index (χ0n) is 14.5. The third-order valence-electron chi connectivity index (χ3n) is 4.48. The summed E-state index contributed by atoms with van der Waals surface area (Å²) >= 11 is 6.14. The Bertz CT molecular complexity index is 688. The summed E-state index contributed by atoms with van der Waals surface area (Å²) in [5.74, 6) is -0.546. The standard InChI is InChI=1S/C17H25ClN4O2/c1-4-5-6-7-8-12(13-9-23-17(2,3)24-13)22-11-21-14-15(18)19-10-20-16(14)22/h10-13H,4-9H2,1-3H3/t12-,13+/m1/s1. The molecule has 1 saturated heterocycles. The summed E-state index contributed by atoms with van der Waals surface area (Å²) in [5.41, 5.74) is 1.39. The molecule has 1 aliphatic heterocycles. The Kier molecular flexibility index (Phi) is 5.37. The molecule has 0 amide bonds. The van der Waals surface area contributed by atoms with Crippen molar-refractivity contribution in [3.05, 3.63) is 17.8 Å². The number of hydrogen-bond acceptors (Lipinski definition) is 5. The molecule has 3 rings (SSSR count). The average Bonchev–Trinajstić information content (AvgIpc) is 3.12. The molecule has 0 unspecified atom stereocenters. The number of halogens is 1. The molecule has 1 aliphatic rings. The second-order valence-electron chi connectivity index (χ2n) is 6.77. The summed E-state index contributed by atoms with van der Waals surface area (Å²) < 4.78 is 14.0. The van der Waals surface area contributed by atoms with E-state index in [1.54, 1.807) is 6.33 Å². The summed E-state index contributed by atoms with van der Waals surface area (Å²) in [4.78, 5) is 12.8. The van der Waals surface area contributed by atoms with Crippen molar-refractivity contribution in [3.63, 3.8) is 0 Å². The lowest BCUT2D eigenvalue weighted by atomic mass is 10.0. The molecule has 6 nitrogen and oxygen atoms in total.